The van der Waals surface area contributed by atoms with Crippen LogP contribution in [-0.4, -0.2) is 60.1 Å². The van der Waals surface area contributed by atoms with E-state index in [2.05, 4.69) is 53.8 Å². The van der Waals surface area contributed by atoms with E-state index in [4.69, 9.17) is 15.2 Å². The summed E-state index contributed by atoms with van der Waals surface area (Å²) >= 11 is 0. The minimum absolute atomic E-state index is 0.0129. The van der Waals surface area contributed by atoms with Gasteiger partial charge in [0, 0.05) is 29.3 Å². The predicted octanol–water partition coefficient (Wildman–Crippen LogP) is 7.84. The number of allylic oxidation sites excluding steroid dienone is 1. The van der Waals surface area contributed by atoms with E-state index >= 15 is 0 Å². The summed E-state index contributed by atoms with van der Waals surface area (Å²) in [6.07, 6.45) is 6.33. The minimum Gasteiger partial charge on any atom is -0.481 e. The number of carbonyl (C=O) groups is 4. The zero-order valence-corrected chi connectivity index (χ0v) is 35.2. The summed E-state index contributed by atoms with van der Waals surface area (Å²) in [4.78, 5) is 52.9. The molecule has 0 saturated heterocycles. The summed E-state index contributed by atoms with van der Waals surface area (Å²) in [6.45, 7) is 19.6. The van der Waals surface area contributed by atoms with Crippen molar-refractivity contribution >= 4 is 23.7 Å². The molecule has 0 heterocycles. The van der Waals surface area contributed by atoms with Gasteiger partial charge in [-0.15, -0.1) is 0 Å². The summed E-state index contributed by atoms with van der Waals surface area (Å²) in [5.41, 5.74) is 7.49. The zero-order chi connectivity index (χ0) is 40.6. The van der Waals surface area contributed by atoms with Crippen LogP contribution in [0.3, 0.4) is 0 Å². The third-order valence-electron chi connectivity index (χ3n) is 16.6. The Hall–Kier alpha value is -3.04. The molecular formula is C46H68N2O7. The highest BCUT2D eigenvalue weighted by molar-refractivity contribution is 6.01. The quantitative estimate of drug-likeness (QED) is 0.192. The molecule has 9 nitrogen and oxygen atoms in total. The fraction of sp³-hybridized carbons (Fsp3) is 0.739. The third kappa shape index (κ3) is 6.33. The Balaban J connectivity index is 1.33. The molecule has 0 unspecified atom stereocenters. The Morgan fingerprint density at radius 3 is 2.20 bits per heavy atom. The van der Waals surface area contributed by atoms with Crippen LogP contribution in [-0.2, 0) is 35.1 Å². The van der Waals surface area contributed by atoms with E-state index in [1.807, 2.05) is 37.4 Å². The summed E-state index contributed by atoms with van der Waals surface area (Å²) < 4.78 is 12.7. The number of benzene rings is 1. The van der Waals surface area contributed by atoms with Crippen molar-refractivity contribution in [1.82, 2.24) is 5.32 Å². The normalized spacial score (nSPS) is 37.3. The molecule has 6 rings (SSSR count). The summed E-state index contributed by atoms with van der Waals surface area (Å²) in [5.74, 6) is -0.941. The number of nitrogens with two attached hydrogens (primary N) is 1. The predicted molar refractivity (Wildman–Crippen MR) is 213 cm³/mol. The molecular weight excluding hydrogens is 693 g/mol. The van der Waals surface area contributed by atoms with Gasteiger partial charge in [-0.1, -0.05) is 78.8 Å². The first-order chi connectivity index (χ1) is 25.5. The number of ether oxygens (including phenoxy) is 2. The van der Waals surface area contributed by atoms with Crippen LogP contribution in [0.25, 0.3) is 0 Å². The smallest absolute Gasteiger partial charge is 0.310 e. The fourth-order valence-corrected chi connectivity index (χ4v) is 13.5. The largest absolute Gasteiger partial charge is 0.481 e. The second kappa shape index (κ2) is 14.1. The lowest BCUT2D eigenvalue weighted by molar-refractivity contribution is -0.239. The molecule has 0 aromatic heterocycles. The molecule has 5 aliphatic carbocycles. The van der Waals surface area contributed by atoms with Crippen molar-refractivity contribution in [2.24, 2.45) is 56.0 Å². The molecule has 1 aromatic rings. The lowest BCUT2D eigenvalue weighted by Gasteiger charge is -2.74. The van der Waals surface area contributed by atoms with Gasteiger partial charge in [-0.3, -0.25) is 19.2 Å². The lowest BCUT2D eigenvalue weighted by Crippen LogP contribution is -2.74. The monoisotopic (exact) mass is 761 g/mol. The molecule has 0 aliphatic heterocycles. The molecule has 0 amide bonds. The number of nitrogens with one attached hydrogen (secondary N) is 1. The molecule has 0 bridgehead atoms. The van der Waals surface area contributed by atoms with Gasteiger partial charge in [0.2, 0.25) is 0 Å². The number of ketones is 1. The summed E-state index contributed by atoms with van der Waals surface area (Å²) in [7, 11) is 1.88. The fourth-order valence-electron chi connectivity index (χ4n) is 13.5. The zero-order valence-electron chi connectivity index (χ0n) is 35.2. The van der Waals surface area contributed by atoms with Crippen LogP contribution in [0.15, 0.2) is 41.5 Å². The SMILES string of the molecule is CNC[C@H](OC(=O)Cc1ccccc1)[C@@]12CC[C@]3(C)[C@](N)(CC[C@@H]4[C@@]5(C)CC[C@H](OC(=O)CC(C)(C)C(=O)O)C(C)(C)[C@@H]5CC[C@]43C)C1=C(C(C)C)C(=O)C2. The van der Waals surface area contributed by atoms with Crippen molar-refractivity contribution in [2.45, 2.75) is 151 Å². The topological polar surface area (TPSA) is 145 Å². The Kier molecular flexibility index (Phi) is 10.7. The van der Waals surface area contributed by atoms with Gasteiger partial charge in [0.1, 0.15) is 12.2 Å². The van der Waals surface area contributed by atoms with E-state index in [1.165, 1.54) is 0 Å². The van der Waals surface area contributed by atoms with E-state index in [-0.39, 0.29) is 58.3 Å². The number of Topliss-reactive ketones (excluding diaryl/α,β-unsaturated/α-hetero) is 1. The van der Waals surface area contributed by atoms with Crippen molar-refractivity contribution in [3.8, 4) is 0 Å². The van der Waals surface area contributed by atoms with Gasteiger partial charge in [0.05, 0.1) is 18.3 Å². The van der Waals surface area contributed by atoms with E-state index in [0.717, 1.165) is 68.1 Å². The van der Waals surface area contributed by atoms with E-state index in [1.54, 1.807) is 13.8 Å². The van der Waals surface area contributed by atoms with Crippen molar-refractivity contribution in [3.05, 3.63) is 47.0 Å². The minimum atomic E-state index is -1.19. The summed E-state index contributed by atoms with van der Waals surface area (Å²) in [5, 5.41) is 13.0. The number of rotatable bonds is 11. The molecule has 0 radical (unpaired) electrons. The maximum atomic E-state index is 14.3. The van der Waals surface area contributed by atoms with Gasteiger partial charge in [-0.2, -0.15) is 0 Å². The third-order valence-corrected chi connectivity index (χ3v) is 16.6. The van der Waals surface area contributed by atoms with E-state index < -0.39 is 34.4 Å². The van der Waals surface area contributed by atoms with Crippen LogP contribution in [0.4, 0.5) is 0 Å². The van der Waals surface area contributed by atoms with Gasteiger partial charge >= 0.3 is 17.9 Å². The van der Waals surface area contributed by atoms with Crippen molar-refractivity contribution in [3.63, 3.8) is 0 Å². The number of esters is 2. The number of aliphatic carboxylic acids is 1. The first kappa shape index (κ1) is 41.6. The lowest BCUT2D eigenvalue weighted by atomic mass is 9.31. The molecule has 9 atom stereocenters. The van der Waals surface area contributed by atoms with Gasteiger partial charge in [0.25, 0.3) is 0 Å². The van der Waals surface area contributed by atoms with Crippen LogP contribution in [0.5, 0.6) is 0 Å². The Labute approximate surface area is 329 Å². The highest BCUT2D eigenvalue weighted by Crippen LogP contribution is 2.77. The summed E-state index contributed by atoms with van der Waals surface area (Å²) in [6, 6.07) is 9.66. The van der Waals surface area contributed by atoms with Crippen molar-refractivity contribution in [2.75, 3.05) is 13.6 Å². The average molecular weight is 761 g/mol. The van der Waals surface area contributed by atoms with E-state index in [9.17, 15) is 24.3 Å². The highest BCUT2D eigenvalue weighted by atomic mass is 16.5. The molecule has 4 N–H and O–H groups in total. The molecule has 304 valence electrons. The van der Waals surface area contributed by atoms with Crippen LogP contribution < -0.4 is 11.1 Å². The first-order valence-corrected chi connectivity index (χ1v) is 20.9. The van der Waals surface area contributed by atoms with Crippen LogP contribution >= 0.6 is 0 Å². The van der Waals surface area contributed by atoms with Gasteiger partial charge < -0.3 is 25.6 Å². The number of fused-ring (bicyclic) bond motifs is 7. The Bertz CT molecular complexity index is 1730. The molecule has 4 saturated carbocycles. The number of carbonyl (C=O) groups excluding carboxylic acids is 3. The first-order valence-electron chi connectivity index (χ1n) is 20.9. The molecule has 4 fully saturated rings. The van der Waals surface area contributed by atoms with Gasteiger partial charge in [0.15, 0.2) is 5.78 Å². The Morgan fingerprint density at radius 1 is 0.927 bits per heavy atom. The van der Waals surface area contributed by atoms with E-state index in [0.29, 0.717) is 24.8 Å². The van der Waals surface area contributed by atoms with Crippen molar-refractivity contribution in [1.29, 1.82) is 0 Å². The molecule has 0 spiro atoms. The number of likely N-dealkylation sites (N-methyl/N-ethyl adjacent to an activating group) is 1. The highest BCUT2D eigenvalue weighted by Gasteiger charge is 2.75. The molecule has 9 heteroatoms. The second-order valence-electron chi connectivity index (χ2n) is 20.5. The number of carboxylic acids is 1. The second-order valence-corrected chi connectivity index (χ2v) is 20.5. The maximum Gasteiger partial charge on any atom is 0.310 e. The molecule has 1 aromatic carbocycles. The van der Waals surface area contributed by atoms with Gasteiger partial charge in [-0.05, 0) is 123 Å². The van der Waals surface area contributed by atoms with Crippen LogP contribution in [0.1, 0.15) is 132 Å². The Morgan fingerprint density at radius 2 is 1.58 bits per heavy atom. The van der Waals surface area contributed by atoms with Crippen LogP contribution in [0, 0.1) is 50.2 Å². The molecule has 5 aliphatic rings. The number of hydrogen-bond acceptors (Lipinski definition) is 8. The van der Waals surface area contributed by atoms with Crippen LogP contribution in [0.2, 0.25) is 0 Å². The number of carboxylic acid groups (broad SMARTS) is 1. The average Bonchev–Trinajstić information content (AvgIpc) is 3.41. The van der Waals surface area contributed by atoms with Crippen molar-refractivity contribution < 1.29 is 33.8 Å². The van der Waals surface area contributed by atoms with Gasteiger partial charge in [-0.25, -0.2) is 0 Å². The number of hydrogen-bond donors (Lipinski definition) is 3. The molecule has 55 heavy (non-hydrogen) atoms. The maximum absolute atomic E-state index is 14.3. The standard InChI is InChI=1S/C46H68N2O7/c1-28(2)37-30(49)25-45(34(27-48-10)55-35(50)24-29-14-12-11-13-15-29)23-22-44(9)43(8)20-16-31-41(5,6)33(54-36(51)26-40(3,4)39(52)53)18-19-42(31,7)32(43)17-21-46(44,47)38(37)45/h11-15,28,31-34,48H,16-27,47H2,1-10H3,(H,52,53)/t31-,32+,33-,34-,42-,43+,44-,45-,46-/m0/s1.